The molecule has 1 heterocycles. The van der Waals surface area contributed by atoms with Gasteiger partial charge in [-0.3, -0.25) is 9.78 Å². The molecule has 1 rings (SSSR count). The fraction of sp³-hybridized carbons (Fsp3) is 0.250. The molecule has 0 saturated heterocycles. The number of carbonyl (C=O) groups excluding carboxylic acids is 1. The first-order valence-electron chi connectivity index (χ1n) is 3.46. The molecule has 0 bridgehead atoms. The molecule has 0 atom stereocenters. The molecule has 0 saturated carbocycles. The van der Waals surface area contributed by atoms with Crippen molar-refractivity contribution in [1.82, 2.24) is 4.98 Å². The molecule has 0 aliphatic carbocycles. The molecule has 0 aliphatic rings. The van der Waals surface area contributed by atoms with Crippen molar-refractivity contribution < 1.29 is 13.6 Å². The maximum atomic E-state index is 12.5. The number of rotatable bonds is 2. The van der Waals surface area contributed by atoms with Crippen LogP contribution in [0.2, 0.25) is 0 Å². The fourth-order valence-electron chi connectivity index (χ4n) is 0.983. The van der Waals surface area contributed by atoms with Gasteiger partial charge >= 0.3 is 0 Å². The zero-order chi connectivity index (χ0) is 10.0. The molecule has 70 valence electrons. The molecular formula is C8H6F2INO. The van der Waals surface area contributed by atoms with Crippen LogP contribution in [-0.2, 0) is 0 Å². The number of aldehydes is 1. The Kier molecular flexibility index (Phi) is 3.29. The van der Waals surface area contributed by atoms with Crippen LogP contribution >= 0.6 is 22.6 Å². The van der Waals surface area contributed by atoms with Gasteiger partial charge in [0.05, 0.1) is 5.56 Å². The molecule has 13 heavy (non-hydrogen) atoms. The van der Waals surface area contributed by atoms with E-state index in [9.17, 15) is 13.6 Å². The molecular weight excluding hydrogens is 291 g/mol. The second-order valence-electron chi connectivity index (χ2n) is 2.45. The van der Waals surface area contributed by atoms with Gasteiger partial charge in [-0.1, -0.05) is 0 Å². The Morgan fingerprint density at radius 2 is 2.23 bits per heavy atom. The highest BCUT2D eigenvalue weighted by molar-refractivity contribution is 14.1. The Balaban J connectivity index is 3.41. The number of hydrogen-bond donors (Lipinski definition) is 0. The van der Waals surface area contributed by atoms with Crippen molar-refractivity contribution in [3.8, 4) is 0 Å². The SMILES string of the molecule is Cc1c(I)cnc(C=O)c1C(F)F. The second-order valence-corrected chi connectivity index (χ2v) is 3.61. The van der Waals surface area contributed by atoms with Crippen molar-refractivity contribution in [2.45, 2.75) is 13.3 Å². The highest BCUT2D eigenvalue weighted by Gasteiger charge is 2.18. The van der Waals surface area contributed by atoms with Gasteiger partial charge in [0.15, 0.2) is 6.29 Å². The molecule has 2 nitrogen and oxygen atoms in total. The van der Waals surface area contributed by atoms with E-state index in [4.69, 9.17) is 0 Å². The first kappa shape index (κ1) is 10.5. The molecule has 0 fully saturated rings. The van der Waals surface area contributed by atoms with E-state index in [0.29, 0.717) is 15.4 Å². The monoisotopic (exact) mass is 297 g/mol. The van der Waals surface area contributed by atoms with Gasteiger partial charge in [0, 0.05) is 9.77 Å². The molecule has 0 unspecified atom stereocenters. The van der Waals surface area contributed by atoms with E-state index in [-0.39, 0.29) is 11.3 Å². The Morgan fingerprint density at radius 3 is 2.69 bits per heavy atom. The lowest BCUT2D eigenvalue weighted by Crippen LogP contribution is -2.02. The van der Waals surface area contributed by atoms with E-state index in [1.807, 2.05) is 22.6 Å². The largest absolute Gasteiger partial charge is 0.296 e. The second kappa shape index (κ2) is 4.08. The molecule has 0 amide bonds. The van der Waals surface area contributed by atoms with Crippen LogP contribution in [0, 0.1) is 10.5 Å². The zero-order valence-corrected chi connectivity index (χ0v) is 8.88. The number of alkyl halides is 2. The third-order valence-electron chi connectivity index (χ3n) is 1.69. The lowest BCUT2D eigenvalue weighted by atomic mass is 10.1. The molecule has 0 N–H and O–H groups in total. The summed E-state index contributed by atoms with van der Waals surface area (Å²) in [5, 5.41) is 0. The fourth-order valence-corrected chi connectivity index (χ4v) is 1.41. The first-order valence-corrected chi connectivity index (χ1v) is 4.54. The predicted molar refractivity (Wildman–Crippen MR) is 52.0 cm³/mol. The molecule has 1 aromatic rings. The minimum absolute atomic E-state index is 0.173. The van der Waals surface area contributed by atoms with Crippen molar-refractivity contribution in [1.29, 1.82) is 0 Å². The van der Waals surface area contributed by atoms with Gasteiger partial charge in [-0.25, -0.2) is 8.78 Å². The Morgan fingerprint density at radius 1 is 1.62 bits per heavy atom. The lowest BCUT2D eigenvalue weighted by Gasteiger charge is -2.07. The van der Waals surface area contributed by atoms with Crippen LogP contribution in [0.15, 0.2) is 6.20 Å². The molecule has 0 aromatic carbocycles. The quantitative estimate of drug-likeness (QED) is 0.620. The van der Waals surface area contributed by atoms with Gasteiger partial charge in [-0.2, -0.15) is 0 Å². The van der Waals surface area contributed by atoms with Crippen LogP contribution in [0.5, 0.6) is 0 Å². The van der Waals surface area contributed by atoms with Crippen LogP contribution in [-0.4, -0.2) is 11.3 Å². The van der Waals surface area contributed by atoms with E-state index < -0.39 is 6.43 Å². The van der Waals surface area contributed by atoms with Crippen LogP contribution in [0.25, 0.3) is 0 Å². The molecule has 0 spiro atoms. The van der Waals surface area contributed by atoms with Gasteiger partial charge in [0.2, 0.25) is 0 Å². The van der Waals surface area contributed by atoms with Crippen molar-refractivity contribution in [3.63, 3.8) is 0 Å². The summed E-state index contributed by atoms with van der Waals surface area (Å²) in [6, 6.07) is 0. The van der Waals surface area contributed by atoms with Crippen LogP contribution in [0.4, 0.5) is 8.78 Å². The molecule has 0 aliphatic heterocycles. The summed E-state index contributed by atoms with van der Waals surface area (Å²) >= 11 is 1.90. The minimum atomic E-state index is -2.65. The van der Waals surface area contributed by atoms with Crippen molar-refractivity contribution in [2.75, 3.05) is 0 Å². The van der Waals surface area contributed by atoms with Crippen LogP contribution < -0.4 is 0 Å². The number of aromatic nitrogens is 1. The summed E-state index contributed by atoms with van der Waals surface area (Å²) in [6.07, 6.45) is -0.891. The smallest absolute Gasteiger partial charge is 0.266 e. The summed E-state index contributed by atoms with van der Waals surface area (Å²) in [5.74, 6) is 0. The van der Waals surface area contributed by atoms with Crippen molar-refractivity contribution >= 4 is 28.9 Å². The maximum Gasteiger partial charge on any atom is 0.266 e. The third-order valence-corrected chi connectivity index (χ3v) is 2.77. The number of nitrogens with zero attached hydrogens (tertiary/aromatic N) is 1. The van der Waals surface area contributed by atoms with E-state index >= 15 is 0 Å². The normalized spacial score (nSPS) is 10.5. The van der Waals surface area contributed by atoms with Crippen LogP contribution in [0.1, 0.15) is 28.0 Å². The van der Waals surface area contributed by atoms with Gasteiger partial charge in [-0.05, 0) is 35.1 Å². The maximum absolute atomic E-state index is 12.5. The summed E-state index contributed by atoms with van der Waals surface area (Å²) in [7, 11) is 0. The first-order chi connectivity index (χ1) is 6.07. The van der Waals surface area contributed by atoms with Gasteiger partial charge in [0.25, 0.3) is 6.43 Å². The van der Waals surface area contributed by atoms with Crippen molar-refractivity contribution in [3.05, 3.63) is 26.6 Å². The highest BCUT2D eigenvalue weighted by atomic mass is 127. The van der Waals surface area contributed by atoms with E-state index in [0.717, 1.165) is 0 Å². The number of halogens is 3. The summed E-state index contributed by atoms with van der Waals surface area (Å²) in [6.45, 7) is 1.55. The predicted octanol–water partition coefficient (Wildman–Crippen LogP) is 2.74. The number of hydrogen-bond acceptors (Lipinski definition) is 2. The van der Waals surface area contributed by atoms with E-state index in [2.05, 4.69) is 4.98 Å². The average Bonchev–Trinajstić information content (AvgIpc) is 2.08. The van der Waals surface area contributed by atoms with Gasteiger partial charge in [-0.15, -0.1) is 0 Å². The zero-order valence-electron chi connectivity index (χ0n) is 6.72. The van der Waals surface area contributed by atoms with E-state index in [1.165, 1.54) is 6.20 Å². The Labute approximate surface area is 87.5 Å². The third kappa shape index (κ3) is 2.01. The van der Waals surface area contributed by atoms with Crippen molar-refractivity contribution in [2.24, 2.45) is 0 Å². The lowest BCUT2D eigenvalue weighted by molar-refractivity contribution is 0.110. The summed E-state index contributed by atoms with van der Waals surface area (Å²) in [5.41, 5.74) is -0.0116. The standard InChI is InChI=1S/C8H6F2INO/c1-4-5(11)2-12-6(3-13)7(4)8(9)10/h2-3,8H,1H3. The van der Waals surface area contributed by atoms with Gasteiger partial charge < -0.3 is 0 Å². The average molecular weight is 297 g/mol. The number of carbonyl (C=O) groups is 1. The van der Waals surface area contributed by atoms with Gasteiger partial charge in [0.1, 0.15) is 5.69 Å². The molecule has 1 aromatic heterocycles. The molecule has 0 radical (unpaired) electrons. The topological polar surface area (TPSA) is 30.0 Å². The summed E-state index contributed by atoms with van der Waals surface area (Å²) in [4.78, 5) is 14.0. The minimum Gasteiger partial charge on any atom is -0.296 e. The molecule has 5 heteroatoms. The van der Waals surface area contributed by atoms with E-state index in [1.54, 1.807) is 6.92 Å². The highest BCUT2D eigenvalue weighted by Crippen LogP contribution is 2.27. The van der Waals surface area contributed by atoms with Crippen LogP contribution in [0.3, 0.4) is 0 Å². The summed E-state index contributed by atoms with van der Waals surface area (Å²) < 4.78 is 25.5. The Bertz CT molecular complexity index is 341. The Hall–Kier alpha value is -0.590. The number of pyridine rings is 1.